The average Bonchev–Trinajstić information content (AvgIpc) is 2.39. The first-order valence-electron chi connectivity index (χ1n) is 6.00. The minimum Gasteiger partial charge on any atom is -0.207 e. The topological polar surface area (TPSA) is 0 Å². The van der Waals surface area contributed by atoms with Gasteiger partial charge in [0.1, 0.15) is 5.82 Å². The van der Waals surface area contributed by atoms with Gasteiger partial charge < -0.3 is 0 Å². The summed E-state index contributed by atoms with van der Waals surface area (Å²) in [6, 6.07) is 19.2. The number of hydrogen-bond acceptors (Lipinski definition) is 0. The van der Waals surface area contributed by atoms with Gasteiger partial charge in [0.25, 0.3) is 0 Å². The first kappa shape index (κ1) is 11.0. The number of aryl methyl sites for hydroxylation is 1. The molecule has 1 heteroatoms. The fourth-order valence-corrected chi connectivity index (χ4v) is 2.40. The van der Waals surface area contributed by atoms with E-state index < -0.39 is 0 Å². The lowest BCUT2D eigenvalue weighted by molar-refractivity contribution is 0.628. The van der Waals surface area contributed by atoms with Crippen LogP contribution in [0.5, 0.6) is 0 Å². The summed E-state index contributed by atoms with van der Waals surface area (Å²) in [5.74, 6) is -0.198. The summed E-state index contributed by atoms with van der Waals surface area (Å²) in [5, 5.41) is 2.46. The van der Waals surface area contributed by atoms with Gasteiger partial charge in [-0.05, 0) is 46.5 Å². The molecule has 0 aliphatic heterocycles. The second-order valence-corrected chi connectivity index (χ2v) is 4.49. The lowest BCUT2D eigenvalue weighted by Gasteiger charge is -2.09. The van der Waals surface area contributed by atoms with E-state index in [2.05, 4.69) is 37.3 Å². The third kappa shape index (κ3) is 1.78. The molecule has 0 bridgehead atoms. The quantitative estimate of drug-likeness (QED) is 0.560. The lowest BCUT2D eigenvalue weighted by Crippen LogP contribution is -1.85. The Balaban J connectivity index is 2.32. The minimum atomic E-state index is -0.198. The third-order valence-electron chi connectivity index (χ3n) is 3.27. The molecule has 0 atom stereocenters. The van der Waals surface area contributed by atoms with Gasteiger partial charge in [-0.2, -0.15) is 0 Å². The van der Waals surface area contributed by atoms with E-state index >= 15 is 0 Å². The molecule has 0 saturated heterocycles. The Morgan fingerprint density at radius 2 is 1.44 bits per heavy atom. The smallest absolute Gasteiger partial charge is 0.123 e. The van der Waals surface area contributed by atoms with Crippen LogP contribution in [0.2, 0.25) is 0 Å². The Hall–Kier alpha value is -2.15. The summed E-state index contributed by atoms with van der Waals surface area (Å²) in [5.41, 5.74) is 3.45. The molecular formula is C17H13F. The molecule has 0 aliphatic carbocycles. The van der Waals surface area contributed by atoms with Crippen molar-refractivity contribution in [2.24, 2.45) is 0 Å². The molecule has 3 rings (SSSR count). The van der Waals surface area contributed by atoms with Gasteiger partial charge in [-0.3, -0.25) is 0 Å². The first-order chi connectivity index (χ1) is 8.75. The van der Waals surface area contributed by atoms with Gasteiger partial charge in [0, 0.05) is 0 Å². The second-order valence-electron chi connectivity index (χ2n) is 4.49. The van der Waals surface area contributed by atoms with Gasteiger partial charge in [0.2, 0.25) is 0 Å². The normalized spacial score (nSPS) is 10.8. The van der Waals surface area contributed by atoms with Crippen molar-refractivity contribution in [3.05, 3.63) is 72.0 Å². The fraction of sp³-hybridized carbons (Fsp3) is 0.0588. The molecule has 0 unspecified atom stereocenters. The molecule has 0 aromatic heterocycles. The van der Waals surface area contributed by atoms with Crippen molar-refractivity contribution in [2.75, 3.05) is 0 Å². The molecule has 0 spiro atoms. The van der Waals surface area contributed by atoms with E-state index in [1.807, 2.05) is 18.2 Å². The summed E-state index contributed by atoms with van der Waals surface area (Å²) in [4.78, 5) is 0. The number of benzene rings is 3. The van der Waals surface area contributed by atoms with Gasteiger partial charge in [0.05, 0.1) is 0 Å². The van der Waals surface area contributed by atoms with Crippen LogP contribution in [-0.4, -0.2) is 0 Å². The standard InChI is InChI=1S/C17H13F/c1-12-4-2-5-14-6-3-7-16(17(12)14)13-8-10-15(18)11-9-13/h2-11H,1H3. The molecular weight excluding hydrogens is 223 g/mol. The van der Waals surface area contributed by atoms with Crippen molar-refractivity contribution in [2.45, 2.75) is 6.92 Å². The van der Waals surface area contributed by atoms with Crippen molar-refractivity contribution in [3.8, 4) is 11.1 Å². The molecule has 0 N–H and O–H groups in total. The number of rotatable bonds is 1. The summed E-state index contributed by atoms with van der Waals surface area (Å²) in [7, 11) is 0. The van der Waals surface area contributed by atoms with Gasteiger partial charge in [0.15, 0.2) is 0 Å². The molecule has 0 saturated carbocycles. The largest absolute Gasteiger partial charge is 0.207 e. The Labute approximate surface area is 106 Å². The predicted molar refractivity (Wildman–Crippen MR) is 74.1 cm³/mol. The minimum absolute atomic E-state index is 0.198. The molecule has 0 amide bonds. The Bertz CT molecular complexity index is 691. The van der Waals surface area contributed by atoms with Crippen LogP contribution in [0.3, 0.4) is 0 Å². The highest BCUT2D eigenvalue weighted by molar-refractivity contribution is 5.98. The maximum absolute atomic E-state index is 13.0. The average molecular weight is 236 g/mol. The molecule has 0 aliphatic rings. The second kappa shape index (κ2) is 4.26. The van der Waals surface area contributed by atoms with Gasteiger partial charge >= 0.3 is 0 Å². The van der Waals surface area contributed by atoms with Gasteiger partial charge in [-0.15, -0.1) is 0 Å². The van der Waals surface area contributed by atoms with Crippen LogP contribution in [0, 0.1) is 12.7 Å². The zero-order chi connectivity index (χ0) is 12.5. The SMILES string of the molecule is Cc1cccc2cccc(-c3ccc(F)cc3)c12. The number of halogens is 1. The van der Waals surface area contributed by atoms with Crippen LogP contribution in [0.25, 0.3) is 21.9 Å². The summed E-state index contributed by atoms with van der Waals surface area (Å²) >= 11 is 0. The van der Waals surface area contributed by atoms with Crippen LogP contribution in [0.1, 0.15) is 5.56 Å². The summed E-state index contributed by atoms with van der Waals surface area (Å²) in [6.07, 6.45) is 0. The van der Waals surface area contributed by atoms with E-state index in [4.69, 9.17) is 0 Å². The van der Waals surface area contributed by atoms with Gasteiger partial charge in [-0.1, -0.05) is 48.5 Å². The molecule has 3 aromatic carbocycles. The van der Waals surface area contributed by atoms with Crippen molar-refractivity contribution in [1.29, 1.82) is 0 Å². The van der Waals surface area contributed by atoms with E-state index in [9.17, 15) is 4.39 Å². The maximum Gasteiger partial charge on any atom is 0.123 e. The van der Waals surface area contributed by atoms with Crippen molar-refractivity contribution in [3.63, 3.8) is 0 Å². The van der Waals surface area contributed by atoms with E-state index in [0.29, 0.717) is 0 Å². The fourth-order valence-electron chi connectivity index (χ4n) is 2.40. The molecule has 0 heterocycles. The lowest BCUT2D eigenvalue weighted by atomic mass is 9.95. The third-order valence-corrected chi connectivity index (χ3v) is 3.27. The molecule has 0 nitrogen and oxygen atoms in total. The zero-order valence-electron chi connectivity index (χ0n) is 10.2. The van der Waals surface area contributed by atoms with Crippen LogP contribution in [0.4, 0.5) is 4.39 Å². The molecule has 0 radical (unpaired) electrons. The molecule has 3 aromatic rings. The highest BCUT2D eigenvalue weighted by Gasteiger charge is 2.05. The molecule has 18 heavy (non-hydrogen) atoms. The van der Waals surface area contributed by atoms with E-state index in [0.717, 1.165) is 11.1 Å². The monoisotopic (exact) mass is 236 g/mol. The Kier molecular flexibility index (Phi) is 2.60. The molecule has 0 fully saturated rings. The highest BCUT2D eigenvalue weighted by Crippen LogP contribution is 2.30. The first-order valence-corrected chi connectivity index (χ1v) is 6.00. The van der Waals surface area contributed by atoms with E-state index in [1.54, 1.807) is 0 Å². The summed E-state index contributed by atoms with van der Waals surface area (Å²) in [6.45, 7) is 2.11. The summed E-state index contributed by atoms with van der Waals surface area (Å²) < 4.78 is 13.0. The predicted octanol–water partition coefficient (Wildman–Crippen LogP) is 4.95. The Morgan fingerprint density at radius 1 is 0.778 bits per heavy atom. The van der Waals surface area contributed by atoms with Crippen molar-refractivity contribution >= 4 is 10.8 Å². The number of fused-ring (bicyclic) bond motifs is 1. The molecule has 88 valence electrons. The maximum atomic E-state index is 13.0. The van der Waals surface area contributed by atoms with Crippen LogP contribution in [-0.2, 0) is 0 Å². The van der Waals surface area contributed by atoms with Crippen molar-refractivity contribution < 1.29 is 4.39 Å². The van der Waals surface area contributed by atoms with E-state index in [-0.39, 0.29) is 5.82 Å². The van der Waals surface area contributed by atoms with E-state index in [1.165, 1.54) is 28.5 Å². The number of hydrogen-bond donors (Lipinski definition) is 0. The van der Waals surface area contributed by atoms with Crippen LogP contribution in [0.15, 0.2) is 60.7 Å². The highest BCUT2D eigenvalue weighted by atomic mass is 19.1. The Morgan fingerprint density at radius 3 is 2.17 bits per heavy atom. The van der Waals surface area contributed by atoms with Crippen LogP contribution >= 0.6 is 0 Å². The van der Waals surface area contributed by atoms with Crippen molar-refractivity contribution in [1.82, 2.24) is 0 Å². The van der Waals surface area contributed by atoms with Gasteiger partial charge in [-0.25, -0.2) is 4.39 Å². The zero-order valence-corrected chi connectivity index (χ0v) is 10.2. The van der Waals surface area contributed by atoms with Crippen LogP contribution < -0.4 is 0 Å².